The Bertz CT molecular complexity index is 1260. The summed E-state index contributed by atoms with van der Waals surface area (Å²) in [6, 6.07) is 15.5. The number of aryl methyl sites for hydroxylation is 1. The number of carbonyl (C=O) groups is 1. The van der Waals surface area contributed by atoms with E-state index < -0.39 is 50.4 Å². The van der Waals surface area contributed by atoms with E-state index in [2.05, 4.69) is 47.8 Å². The van der Waals surface area contributed by atoms with Gasteiger partial charge in [-0.25, -0.2) is 18.2 Å². The zero-order chi connectivity index (χ0) is 32.3. The first kappa shape index (κ1) is 34.8. The molecule has 42 heavy (non-hydrogen) atoms. The van der Waals surface area contributed by atoms with Crippen LogP contribution in [0.4, 0.5) is 57.1 Å². The lowest BCUT2D eigenvalue weighted by atomic mass is 9.99. The summed E-state index contributed by atoms with van der Waals surface area (Å²) in [4.78, 5) is 14.3. The van der Waals surface area contributed by atoms with Crippen molar-refractivity contribution in [2.24, 2.45) is 0 Å². The fourth-order valence-corrected chi connectivity index (χ4v) is 6.88. The van der Waals surface area contributed by atoms with E-state index >= 15 is 0 Å². The first-order chi connectivity index (χ1) is 19.0. The van der Waals surface area contributed by atoms with E-state index in [1.54, 1.807) is 12.7 Å². The van der Waals surface area contributed by atoms with E-state index in [0.717, 1.165) is 6.17 Å². The molecule has 0 aliphatic carbocycles. The number of hydrogen-bond donors (Lipinski definition) is 0. The topological polar surface area (TPSA) is 47.8 Å². The summed E-state index contributed by atoms with van der Waals surface area (Å²) in [5.41, 5.74) is 1.24. The first-order valence-corrected chi connectivity index (χ1v) is 14.1. The molecule has 1 heterocycles. The fourth-order valence-electron chi connectivity index (χ4n) is 3.56. The highest BCUT2D eigenvalue weighted by molar-refractivity contribution is 7.00. The standard InChI is InChI=1S/C17H18FN3Si.C7H2F12O/c1-14-3-7-16(8-4-14)22(2,13-21-12-19-11-20-21)17-9-5-15(18)6-10-17;8-1(6(14,15)16)2(20)4(10,11)5(12,13)3(9)7(17,18)19/h3-12H,13H2,1-2H3;1,3H. The van der Waals surface area contributed by atoms with Gasteiger partial charge < -0.3 is 0 Å². The predicted octanol–water partition coefficient (Wildman–Crippen LogP) is 5.78. The maximum absolute atomic E-state index is 13.3. The van der Waals surface area contributed by atoms with E-state index in [-0.39, 0.29) is 5.82 Å². The van der Waals surface area contributed by atoms with Crippen LogP contribution in [0.2, 0.25) is 6.55 Å². The molecule has 0 bridgehead atoms. The van der Waals surface area contributed by atoms with E-state index in [9.17, 15) is 61.9 Å². The van der Waals surface area contributed by atoms with Crippen LogP contribution in [0.5, 0.6) is 0 Å². The minimum absolute atomic E-state index is 0.204. The van der Waals surface area contributed by atoms with Crippen LogP contribution in [0, 0.1) is 12.7 Å². The van der Waals surface area contributed by atoms with E-state index in [0.29, 0.717) is 0 Å². The Balaban J connectivity index is 0.000000296. The highest BCUT2D eigenvalue weighted by Crippen LogP contribution is 2.46. The van der Waals surface area contributed by atoms with Crippen LogP contribution in [0.3, 0.4) is 0 Å². The van der Waals surface area contributed by atoms with Crippen molar-refractivity contribution in [3.63, 3.8) is 0 Å². The highest BCUT2D eigenvalue weighted by Gasteiger charge is 2.75. The van der Waals surface area contributed by atoms with Crippen molar-refractivity contribution >= 4 is 24.2 Å². The number of carbonyl (C=O) groups excluding carboxylic acids is 1. The molecule has 18 heteroatoms. The third-order valence-corrected chi connectivity index (χ3v) is 10.1. The van der Waals surface area contributed by atoms with Crippen molar-refractivity contribution in [2.45, 2.75) is 56.2 Å². The molecule has 0 saturated carbocycles. The van der Waals surface area contributed by atoms with Crippen molar-refractivity contribution in [3.8, 4) is 0 Å². The number of alkyl halides is 12. The SMILES string of the molecule is Cc1ccc([Si](C)(Cn2cncn2)c2ccc(F)cc2)cc1.O=C(C(F)C(F)(F)F)C(F)(F)C(F)(F)C(F)C(F)(F)F. The molecule has 3 atom stereocenters. The van der Waals surface area contributed by atoms with E-state index in [4.69, 9.17) is 0 Å². The quantitative estimate of drug-likeness (QED) is 0.232. The average molecular weight is 642 g/mol. The van der Waals surface area contributed by atoms with Gasteiger partial charge in [-0.3, -0.25) is 9.48 Å². The van der Waals surface area contributed by atoms with Crippen LogP contribution in [-0.4, -0.2) is 65.2 Å². The molecule has 0 aliphatic rings. The van der Waals surface area contributed by atoms with E-state index in [1.807, 2.05) is 16.8 Å². The van der Waals surface area contributed by atoms with Gasteiger partial charge in [0.2, 0.25) is 0 Å². The van der Waals surface area contributed by atoms with Crippen LogP contribution in [0.1, 0.15) is 5.56 Å². The molecule has 1 aromatic heterocycles. The Kier molecular flexibility index (Phi) is 10.3. The second-order valence-electron chi connectivity index (χ2n) is 9.17. The molecule has 232 valence electrons. The van der Waals surface area contributed by atoms with Gasteiger partial charge in [-0.1, -0.05) is 58.9 Å². The number of rotatable bonds is 8. The van der Waals surface area contributed by atoms with Gasteiger partial charge >= 0.3 is 24.2 Å². The number of halogens is 13. The zero-order valence-electron chi connectivity index (χ0n) is 21.3. The molecule has 0 saturated heterocycles. The van der Waals surface area contributed by atoms with Crippen LogP contribution in [0.25, 0.3) is 0 Å². The summed E-state index contributed by atoms with van der Waals surface area (Å²) in [5, 5.41) is 6.75. The second-order valence-corrected chi connectivity index (χ2v) is 13.3. The number of aromatic nitrogens is 3. The molecule has 0 amide bonds. The monoisotopic (exact) mass is 641 g/mol. The first-order valence-electron chi connectivity index (χ1n) is 11.4. The molecule has 0 aliphatic heterocycles. The minimum Gasteiger partial charge on any atom is -0.289 e. The van der Waals surface area contributed by atoms with Crippen molar-refractivity contribution in [3.05, 3.63) is 72.6 Å². The maximum atomic E-state index is 13.3. The van der Waals surface area contributed by atoms with Crippen molar-refractivity contribution in [2.75, 3.05) is 0 Å². The van der Waals surface area contributed by atoms with E-state index in [1.165, 1.54) is 28.1 Å². The Morgan fingerprint density at radius 2 is 1.31 bits per heavy atom. The molecular formula is C24H20F13N3OSi. The van der Waals surface area contributed by atoms with Gasteiger partial charge in [0.25, 0.3) is 18.1 Å². The third kappa shape index (κ3) is 7.68. The molecule has 3 unspecified atom stereocenters. The third-order valence-electron chi connectivity index (χ3n) is 5.97. The number of nitrogens with zero attached hydrogens (tertiary/aromatic N) is 3. The predicted molar refractivity (Wildman–Crippen MR) is 125 cm³/mol. The van der Waals surface area contributed by atoms with Gasteiger partial charge in [0.1, 0.15) is 26.5 Å². The van der Waals surface area contributed by atoms with Gasteiger partial charge in [-0.05, 0) is 19.1 Å². The Morgan fingerprint density at radius 1 is 0.833 bits per heavy atom. The molecule has 3 rings (SSSR count). The number of benzene rings is 2. The lowest BCUT2D eigenvalue weighted by molar-refractivity contribution is -0.300. The highest BCUT2D eigenvalue weighted by atomic mass is 28.3. The van der Waals surface area contributed by atoms with Crippen molar-refractivity contribution < 1.29 is 61.9 Å². The van der Waals surface area contributed by atoms with Gasteiger partial charge in [-0.2, -0.15) is 49.0 Å². The van der Waals surface area contributed by atoms with Crippen LogP contribution in [-0.2, 0) is 11.0 Å². The Labute approximate surface area is 230 Å². The largest absolute Gasteiger partial charge is 0.427 e. The Hall–Kier alpha value is -3.44. The van der Waals surface area contributed by atoms with Crippen LogP contribution < -0.4 is 10.4 Å². The maximum Gasteiger partial charge on any atom is 0.427 e. The van der Waals surface area contributed by atoms with Gasteiger partial charge in [0.15, 0.2) is 0 Å². The average Bonchev–Trinajstić information content (AvgIpc) is 3.40. The van der Waals surface area contributed by atoms with Crippen LogP contribution >= 0.6 is 0 Å². The summed E-state index contributed by atoms with van der Waals surface area (Å²) in [6.07, 6.45) is -19.7. The molecule has 0 N–H and O–H groups in total. The van der Waals surface area contributed by atoms with Gasteiger partial charge in [-0.15, -0.1) is 0 Å². The normalized spacial score (nSPS) is 15.7. The van der Waals surface area contributed by atoms with Gasteiger partial charge in [0, 0.05) is 6.17 Å². The summed E-state index contributed by atoms with van der Waals surface area (Å²) in [7, 11) is -2.06. The second kappa shape index (κ2) is 12.4. The summed E-state index contributed by atoms with van der Waals surface area (Å²) in [6.45, 7) is 4.37. The van der Waals surface area contributed by atoms with Crippen LogP contribution in [0.15, 0.2) is 61.2 Å². The van der Waals surface area contributed by atoms with Crippen molar-refractivity contribution in [1.82, 2.24) is 14.8 Å². The lowest BCUT2D eigenvalue weighted by Gasteiger charge is -2.29. The molecular weight excluding hydrogens is 621 g/mol. The number of hydrogen-bond acceptors (Lipinski definition) is 3. The molecule has 4 nitrogen and oxygen atoms in total. The fraction of sp³-hybridized carbons (Fsp3) is 0.375. The minimum atomic E-state index is -6.90. The number of Topliss-reactive ketones (excluding diaryl/α,β-unsaturated/α-hetero) is 1. The molecule has 3 aromatic rings. The molecule has 0 radical (unpaired) electrons. The Morgan fingerprint density at radius 3 is 1.71 bits per heavy atom. The lowest BCUT2D eigenvalue weighted by Crippen LogP contribution is -2.60. The summed E-state index contributed by atoms with van der Waals surface area (Å²) >= 11 is 0. The molecule has 2 aromatic carbocycles. The molecule has 0 spiro atoms. The number of ketones is 1. The molecule has 0 fully saturated rings. The summed E-state index contributed by atoms with van der Waals surface area (Å²) in [5.74, 6) is -18.2. The zero-order valence-corrected chi connectivity index (χ0v) is 22.3. The van der Waals surface area contributed by atoms with Gasteiger partial charge in [0.05, 0.1) is 0 Å². The summed E-state index contributed by atoms with van der Waals surface area (Å²) < 4.78 is 159. The van der Waals surface area contributed by atoms with Crippen molar-refractivity contribution in [1.29, 1.82) is 0 Å². The smallest absolute Gasteiger partial charge is 0.289 e.